The molecule has 3 heterocycles. The molecule has 0 radical (unpaired) electrons. The molecule has 0 N–H and O–H groups in total. The average Bonchev–Trinajstić information content (AvgIpc) is 3.72. The van der Waals surface area contributed by atoms with Crippen LogP contribution in [0, 0.1) is 5.82 Å². The predicted octanol–water partition coefficient (Wildman–Crippen LogP) is 12.5. The highest BCUT2D eigenvalue weighted by Gasteiger charge is 2.23. The van der Waals surface area contributed by atoms with Crippen molar-refractivity contribution in [3.63, 3.8) is 0 Å². The van der Waals surface area contributed by atoms with E-state index < -0.39 is 0 Å². The summed E-state index contributed by atoms with van der Waals surface area (Å²) in [5.74, 6) is -0.260. The molecule has 6 aromatic carbocycles. The molecule has 0 fully saturated rings. The minimum Gasteiger partial charge on any atom is -0.331 e. The van der Waals surface area contributed by atoms with Gasteiger partial charge >= 0.3 is 0 Å². The summed E-state index contributed by atoms with van der Waals surface area (Å²) in [6.45, 7) is 0. The summed E-state index contributed by atoms with van der Waals surface area (Å²) in [5, 5.41) is 4.95. The van der Waals surface area contributed by atoms with Crippen LogP contribution in [0.5, 0.6) is 0 Å². The van der Waals surface area contributed by atoms with Gasteiger partial charge in [0.2, 0.25) is 0 Å². The number of nitrogens with zero attached hydrogens (tertiary/aromatic N) is 3. The standard InChI is InChI=1S/C47H32FN3/c48-35-17-11-15-32(27-35)34-29-42(31-13-3-1-4-14-31)49-43(30-34)33-16-12-20-37(28-33)51-45-24-10-8-22-39(45)41-26-25-40-38-21-7-9-23-44(38)50(46(40)47(41)51)36-18-5-2-6-19-36/h1-18,20-30,36H,19H2. The maximum Gasteiger partial charge on any atom is 0.123 e. The second-order valence-corrected chi connectivity index (χ2v) is 13.3. The lowest BCUT2D eigenvalue weighted by molar-refractivity contribution is 0.628. The van der Waals surface area contributed by atoms with E-state index in [1.54, 1.807) is 12.1 Å². The molecule has 9 aromatic rings. The zero-order valence-corrected chi connectivity index (χ0v) is 27.7. The molecule has 0 saturated heterocycles. The van der Waals surface area contributed by atoms with Crippen LogP contribution in [-0.4, -0.2) is 14.1 Å². The Morgan fingerprint density at radius 2 is 1.18 bits per heavy atom. The third-order valence-corrected chi connectivity index (χ3v) is 10.2. The van der Waals surface area contributed by atoms with Gasteiger partial charge in [0.25, 0.3) is 0 Å². The summed E-state index contributed by atoms with van der Waals surface area (Å²) < 4.78 is 19.4. The van der Waals surface area contributed by atoms with Crippen LogP contribution in [0.15, 0.2) is 176 Å². The van der Waals surface area contributed by atoms with E-state index in [1.807, 2.05) is 24.3 Å². The molecule has 10 rings (SSSR count). The molecule has 1 aliphatic carbocycles. The molecule has 242 valence electrons. The molecule has 0 aliphatic heterocycles. The quantitative estimate of drug-likeness (QED) is 0.181. The fourth-order valence-electron chi connectivity index (χ4n) is 7.98. The topological polar surface area (TPSA) is 22.8 Å². The first-order valence-electron chi connectivity index (χ1n) is 17.4. The van der Waals surface area contributed by atoms with Crippen molar-refractivity contribution < 1.29 is 4.39 Å². The van der Waals surface area contributed by atoms with E-state index in [9.17, 15) is 4.39 Å². The van der Waals surface area contributed by atoms with E-state index in [0.29, 0.717) is 0 Å². The minimum atomic E-state index is -0.260. The van der Waals surface area contributed by atoms with Gasteiger partial charge in [0.15, 0.2) is 0 Å². The normalized spacial score (nSPS) is 14.3. The van der Waals surface area contributed by atoms with Crippen molar-refractivity contribution in [1.82, 2.24) is 14.1 Å². The lowest BCUT2D eigenvalue weighted by Crippen LogP contribution is -2.08. The summed E-state index contributed by atoms with van der Waals surface area (Å²) in [5.41, 5.74) is 11.3. The largest absolute Gasteiger partial charge is 0.331 e. The van der Waals surface area contributed by atoms with Crippen LogP contribution in [0.2, 0.25) is 0 Å². The lowest BCUT2D eigenvalue weighted by atomic mass is 9.99. The SMILES string of the molecule is Fc1cccc(-c2cc(-c3ccccc3)nc(-c3cccc(-n4c5ccccc5c5ccc6c7ccccc7n(C7C=CC=CC7)c6c54)c3)c2)c1. The Kier molecular flexibility index (Phi) is 6.81. The Morgan fingerprint density at radius 1 is 0.510 bits per heavy atom. The fourth-order valence-corrected chi connectivity index (χ4v) is 7.98. The van der Waals surface area contributed by atoms with E-state index in [1.165, 1.54) is 44.2 Å². The van der Waals surface area contributed by atoms with Crippen molar-refractivity contribution >= 4 is 43.6 Å². The van der Waals surface area contributed by atoms with Crippen molar-refractivity contribution in [3.8, 4) is 39.3 Å². The Balaban J connectivity index is 1.25. The van der Waals surface area contributed by atoms with Crippen molar-refractivity contribution in [3.05, 3.63) is 182 Å². The van der Waals surface area contributed by atoms with Crippen LogP contribution >= 0.6 is 0 Å². The van der Waals surface area contributed by atoms with Gasteiger partial charge in [-0.15, -0.1) is 0 Å². The molecule has 1 unspecified atom stereocenters. The Bertz CT molecular complexity index is 2850. The molecular formula is C47H32FN3. The van der Waals surface area contributed by atoms with Crippen molar-refractivity contribution in [1.29, 1.82) is 0 Å². The van der Waals surface area contributed by atoms with Crippen LogP contribution < -0.4 is 0 Å². The van der Waals surface area contributed by atoms with Gasteiger partial charge in [-0.2, -0.15) is 0 Å². The van der Waals surface area contributed by atoms with E-state index in [-0.39, 0.29) is 11.9 Å². The van der Waals surface area contributed by atoms with Crippen LogP contribution in [0.3, 0.4) is 0 Å². The predicted molar refractivity (Wildman–Crippen MR) is 210 cm³/mol. The molecule has 0 bridgehead atoms. The number of halogens is 1. The molecule has 3 aromatic heterocycles. The first-order chi connectivity index (χ1) is 25.2. The summed E-state index contributed by atoms with van der Waals surface area (Å²) in [7, 11) is 0. The number of pyridine rings is 1. The van der Waals surface area contributed by atoms with Crippen LogP contribution in [0.1, 0.15) is 12.5 Å². The Morgan fingerprint density at radius 3 is 1.96 bits per heavy atom. The van der Waals surface area contributed by atoms with Gasteiger partial charge in [-0.05, 0) is 66.1 Å². The molecule has 1 atom stereocenters. The first kappa shape index (κ1) is 29.4. The number of para-hydroxylation sites is 2. The number of aromatic nitrogens is 3. The van der Waals surface area contributed by atoms with Crippen LogP contribution in [0.25, 0.3) is 82.9 Å². The molecule has 4 heteroatoms. The molecule has 0 saturated carbocycles. The summed E-state index contributed by atoms with van der Waals surface area (Å²) >= 11 is 0. The van der Waals surface area contributed by atoms with Gasteiger partial charge in [-0.3, -0.25) is 0 Å². The summed E-state index contributed by atoms with van der Waals surface area (Å²) in [4.78, 5) is 5.20. The van der Waals surface area contributed by atoms with Gasteiger partial charge in [0.1, 0.15) is 5.82 Å². The molecule has 0 amide bonds. The second-order valence-electron chi connectivity index (χ2n) is 13.3. The van der Waals surface area contributed by atoms with E-state index in [2.05, 4.69) is 143 Å². The monoisotopic (exact) mass is 657 g/mol. The number of benzene rings is 6. The zero-order chi connectivity index (χ0) is 33.9. The Labute approximate surface area is 294 Å². The Hall–Kier alpha value is -6.52. The molecule has 51 heavy (non-hydrogen) atoms. The first-order valence-corrected chi connectivity index (χ1v) is 17.4. The molecular weight excluding hydrogens is 626 g/mol. The third-order valence-electron chi connectivity index (χ3n) is 10.2. The maximum absolute atomic E-state index is 14.5. The highest BCUT2D eigenvalue weighted by molar-refractivity contribution is 6.23. The highest BCUT2D eigenvalue weighted by atomic mass is 19.1. The summed E-state index contributed by atoms with van der Waals surface area (Å²) in [6.07, 6.45) is 9.83. The summed E-state index contributed by atoms with van der Waals surface area (Å²) in [6, 6.07) is 52.1. The van der Waals surface area contributed by atoms with Gasteiger partial charge in [0, 0.05) is 43.9 Å². The third kappa shape index (κ3) is 4.83. The van der Waals surface area contributed by atoms with Gasteiger partial charge in [0.05, 0.1) is 34.0 Å². The second kappa shape index (κ2) is 11.8. The van der Waals surface area contributed by atoms with E-state index in [4.69, 9.17) is 4.98 Å². The number of hydrogen-bond donors (Lipinski definition) is 0. The van der Waals surface area contributed by atoms with E-state index >= 15 is 0 Å². The van der Waals surface area contributed by atoms with E-state index in [0.717, 1.165) is 51.3 Å². The lowest BCUT2D eigenvalue weighted by Gasteiger charge is -2.20. The van der Waals surface area contributed by atoms with Gasteiger partial charge in [-0.1, -0.05) is 127 Å². The molecule has 3 nitrogen and oxygen atoms in total. The van der Waals surface area contributed by atoms with Gasteiger partial charge < -0.3 is 9.13 Å². The van der Waals surface area contributed by atoms with Crippen LogP contribution in [-0.2, 0) is 0 Å². The van der Waals surface area contributed by atoms with Crippen molar-refractivity contribution in [2.45, 2.75) is 12.5 Å². The minimum absolute atomic E-state index is 0.201. The average molecular weight is 658 g/mol. The molecule has 1 aliphatic rings. The highest BCUT2D eigenvalue weighted by Crippen LogP contribution is 2.43. The number of hydrogen-bond acceptors (Lipinski definition) is 1. The van der Waals surface area contributed by atoms with Crippen molar-refractivity contribution in [2.24, 2.45) is 0 Å². The smallest absolute Gasteiger partial charge is 0.123 e. The van der Waals surface area contributed by atoms with Crippen molar-refractivity contribution in [2.75, 3.05) is 0 Å². The zero-order valence-electron chi connectivity index (χ0n) is 27.7. The fraction of sp³-hybridized carbons (Fsp3) is 0.0426. The number of rotatable bonds is 5. The van der Waals surface area contributed by atoms with Crippen LogP contribution in [0.4, 0.5) is 4.39 Å². The number of fused-ring (bicyclic) bond motifs is 7. The number of allylic oxidation sites excluding steroid dienone is 4. The maximum atomic E-state index is 14.5. The van der Waals surface area contributed by atoms with Gasteiger partial charge in [-0.25, -0.2) is 9.37 Å². The molecule has 0 spiro atoms.